The summed E-state index contributed by atoms with van der Waals surface area (Å²) in [5, 5.41) is 5.06. The Bertz CT molecular complexity index is 1320. The van der Waals surface area contributed by atoms with Gasteiger partial charge in [-0.3, -0.25) is 0 Å². The van der Waals surface area contributed by atoms with E-state index in [0.717, 1.165) is 23.1 Å². The van der Waals surface area contributed by atoms with Gasteiger partial charge in [0.2, 0.25) is 5.95 Å². The van der Waals surface area contributed by atoms with E-state index in [4.69, 9.17) is 4.74 Å². The number of hydrogen-bond acceptors (Lipinski definition) is 6. The minimum Gasteiger partial charge on any atom is -0.464 e. The lowest BCUT2D eigenvalue weighted by molar-refractivity contribution is -0.137. The normalized spacial score (nSPS) is 11.6. The van der Waals surface area contributed by atoms with Crippen molar-refractivity contribution in [1.82, 2.24) is 9.97 Å². The number of anilines is 1. The lowest BCUT2D eigenvalue weighted by atomic mass is 10.1. The number of pyridine rings is 1. The van der Waals surface area contributed by atoms with Gasteiger partial charge in [0.15, 0.2) is 10.8 Å². The second-order valence-corrected chi connectivity index (χ2v) is 8.48. The fourth-order valence-electron chi connectivity index (χ4n) is 3.43. The first kappa shape index (κ1) is 23.6. The molecule has 4 aromatic rings. The lowest BCUT2D eigenvalue weighted by Crippen LogP contribution is -2.06. The Morgan fingerprint density at radius 2 is 1.85 bits per heavy atom. The molecule has 0 spiro atoms. The Hall–Kier alpha value is -3.53. The van der Waals surface area contributed by atoms with Gasteiger partial charge in [0.25, 0.3) is 0 Å². The summed E-state index contributed by atoms with van der Waals surface area (Å²) >= 11 is 1.26. The molecular weight excluding hydrogens is 470 g/mol. The maximum atomic E-state index is 13.5. The molecule has 4 rings (SSSR count). The third-order valence-corrected chi connectivity index (χ3v) is 6.22. The average Bonchev–Trinajstić information content (AvgIpc) is 3.25. The molecule has 0 amide bonds. The van der Waals surface area contributed by atoms with Crippen LogP contribution < -0.4 is 5.32 Å². The van der Waals surface area contributed by atoms with Crippen LogP contribution in [-0.4, -0.2) is 29.6 Å². The quantitative estimate of drug-likeness (QED) is 0.142. The van der Waals surface area contributed by atoms with Crippen LogP contribution in [0.25, 0.3) is 21.2 Å². The second kappa shape index (κ2) is 9.76. The lowest BCUT2D eigenvalue weighted by Gasteiger charge is -2.07. The second-order valence-electron chi connectivity index (χ2n) is 7.48. The third kappa shape index (κ3) is 5.33. The summed E-state index contributed by atoms with van der Waals surface area (Å²) in [6, 6.07) is 11.8. The third-order valence-electron chi connectivity index (χ3n) is 5.16. The molecular formula is C24H19F4N3O2S. The van der Waals surface area contributed by atoms with Crippen molar-refractivity contribution in [3.63, 3.8) is 0 Å². The number of nitrogens with zero attached hydrogens (tertiary/aromatic N) is 2. The number of benzene rings is 2. The van der Waals surface area contributed by atoms with Crippen molar-refractivity contribution in [3.05, 3.63) is 77.5 Å². The molecule has 0 bridgehead atoms. The maximum absolute atomic E-state index is 13.5. The van der Waals surface area contributed by atoms with Crippen LogP contribution in [0.3, 0.4) is 0 Å². The van der Waals surface area contributed by atoms with E-state index in [1.54, 1.807) is 18.2 Å². The average molecular weight is 489 g/mol. The SMILES string of the molecule is COC(=O)c1nc(NCCCc2ccc(C(F)(F)F)cc2)sc1-c1ccc2cnc(F)cc2c1. The number of carbonyl (C=O) groups is 1. The van der Waals surface area contributed by atoms with Gasteiger partial charge in [-0.2, -0.15) is 17.6 Å². The highest BCUT2D eigenvalue weighted by Gasteiger charge is 2.29. The van der Waals surface area contributed by atoms with Crippen molar-refractivity contribution >= 4 is 33.2 Å². The fourth-order valence-corrected chi connectivity index (χ4v) is 4.40. The molecule has 0 aliphatic rings. The molecule has 1 N–H and O–H groups in total. The van der Waals surface area contributed by atoms with Crippen LogP contribution in [0.15, 0.2) is 54.7 Å². The van der Waals surface area contributed by atoms with Crippen LogP contribution in [0.2, 0.25) is 0 Å². The molecule has 0 aliphatic heterocycles. The first-order valence-corrected chi connectivity index (χ1v) is 11.1. The Balaban J connectivity index is 1.46. The van der Waals surface area contributed by atoms with Crippen LogP contribution in [0.5, 0.6) is 0 Å². The molecule has 2 aromatic carbocycles. The smallest absolute Gasteiger partial charge is 0.416 e. The summed E-state index contributed by atoms with van der Waals surface area (Å²) in [5.74, 6) is -1.19. The van der Waals surface area contributed by atoms with Gasteiger partial charge in [-0.1, -0.05) is 35.6 Å². The standard InChI is InChI=1S/C24H19F4N3O2S/c1-33-22(32)20-21(15-6-7-16-13-30-19(25)12-17(16)11-15)34-23(31-20)29-10-2-3-14-4-8-18(9-5-14)24(26,27)28/h4-9,11-13H,2-3,10H2,1H3,(H,29,31). The van der Waals surface area contributed by atoms with Crippen LogP contribution in [0, 0.1) is 5.95 Å². The van der Waals surface area contributed by atoms with E-state index in [0.29, 0.717) is 40.3 Å². The van der Waals surface area contributed by atoms with E-state index < -0.39 is 23.7 Å². The number of carbonyl (C=O) groups excluding carboxylic acids is 1. The number of methoxy groups -OCH3 is 1. The Labute approximate surface area is 196 Å². The molecule has 0 aliphatic carbocycles. The van der Waals surface area contributed by atoms with Gasteiger partial charge in [0.05, 0.1) is 17.6 Å². The molecule has 0 fully saturated rings. The molecule has 176 valence electrons. The van der Waals surface area contributed by atoms with E-state index in [2.05, 4.69) is 15.3 Å². The number of halogens is 4. The molecule has 5 nitrogen and oxygen atoms in total. The predicted octanol–water partition coefficient (Wildman–Crippen LogP) is 6.35. The van der Waals surface area contributed by atoms with Gasteiger partial charge in [-0.05, 0) is 47.6 Å². The molecule has 2 aromatic heterocycles. The summed E-state index contributed by atoms with van der Waals surface area (Å²) in [4.78, 5) is 20.9. The maximum Gasteiger partial charge on any atom is 0.416 e. The number of hydrogen-bond donors (Lipinski definition) is 1. The molecule has 0 unspecified atom stereocenters. The highest BCUT2D eigenvalue weighted by atomic mass is 32.1. The van der Waals surface area contributed by atoms with Crippen molar-refractivity contribution in [3.8, 4) is 10.4 Å². The summed E-state index contributed by atoms with van der Waals surface area (Å²) in [5.41, 5.74) is 0.955. The zero-order valence-corrected chi connectivity index (χ0v) is 18.8. The summed E-state index contributed by atoms with van der Waals surface area (Å²) in [6.45, 7) is 0.503. The zero-order valence-electron chi connectivity index (χ0n) is 17.9. The number of nitrogens with one attached hydrogen (secondary N) is 1. The number of ether oxygens (including phenoxy) is 1. The van der Waals surface area contributed by atoms with Crippen LogP contribution in [0.1, 0.15) is 28.0 Å². The van der Waals surface area contributed by atoms with E-state index in [-0.39, 0.29) is 5.69 Å². The highest BCUT2D eigenvalue weighted by molar-refractivity contribution is 7.19. The molecule has 0 saturated heterocycles. The number of alkyl halides is 3. The molecule has 0 saturated carbocycles. The number of esters is 1. The Kier molecular flexibility index (Phi) is 6.78. The topological polar surface area (TPSA) is 64.1 Å². The number of rotatable bonds is 7. The number of thiazole rings is 1. The first-order valence-electron chi connectivity index (χ1n) is 10.3. The number of fused-ring (bicyclic) bond motifs is 1. The minimum atomic E-state index is -4.35. The van der Waals surface area contributed by atoms with Gasteiger partial charge in [-0.25, -0.2) is 14.8 Å². The minimum absolute atomic E-state index is 0.145. The zero-order chi connectivity index (χ0) is 24.3. The Morgan fingerprint density at radius 1 is 1.09 bits per heavy atom. The first-order chi connectivity index (χ1) is 16.2. The van der Waals surface area contributed by atoms with E-state index in [1.165, 1.54) is 42.8 Å². The van der Waals surface area contributed by atoms with E-state index in [9.17, 15) is 22.4 Å². The van der Waals surface area contributed by atoms with Gasteiger partial charge in [0.1, 0.15) is 0 Å². The monoisotopic (exact) mass is 489 g/mol. The van der Waals surface area contributed by atoms with Gasteiger partial charge < -0.3 is 10.1 Å². The fraction of sp³-hybridized carbons (Fsp3) is 0.208. The molecule has 2 heterocycles. The largest absolute Gasteiger partial charge is 0.464 e. The summed E-state index contributed by atoms with van der Waals surface area (Å²) < 4.78 is 56.5. The predicted molar refractivity (Wildman–Crippen MR) is 122 cm³/mol. The summed E-state index contributed by atoms with van der Waals surface area (Å²) in [6.07, 6.45) is -1.68. The molecule has 0 atom stereocenters. The van der Waals surface area contributed by atoms with Gasteiger partial charge in [-0.15, -0.1) is 0 Å². The van der Waals surface area contributed by atoms with E-state index >= 15 is 0 Å². The number of aryl methyl sites for hydroxylation is 1. The van der Waals surface area contributed by atoms with Crippen LogP contribution in [-0.2, 0) is 17.3 Å². The summed E-state index contributed by atoms with van der Waals surface area (Å²) in [7, 11) is 1.27. The van der Waals surface area contributed by atoms with Crippen LogP contribution >= 0.6 is 11.3 Å². The van der Waals surface area contributed by atoms with Crippen molar-refractivity contribution in [2.75, 3.05) is 19.0 Å². The van der Waals surface area contributed by atoms with E-state index in [1.807, 2.05) is 0 Å². The van der Waals surface area contributed by atoms with Crippen molar-refractivity contribution in [2.24, 2.45) is 0 Å². The number of aromatic nitrogens is 2. The molecule has 34 heavy (non-hydrogen) atoms. The van der Waals surface area contributed by atoms with Crippen LogP contribution in [0.4, 0.5) is 22.7 Å². The molecule has 0 radical (unpaired) electrons. The van der Waals surface area contributed by atoms with Crippen molar-refractivity contribution < 1.29 is 27.1 Å². The van der Waals surface area contributed by atoms with Crippen molar-refractivity contribution in [1.29, 1.82) is 0 Å². The van der Waals surface area contributed by atoms with Crippen molar-refractivity contribution in [2.45, 2.75) is 19.0 Å². The Morgan fingerprint density at radius 3 is 2.56 bits per heavy atom. The molecule has 10 heteroatoms. The van der Waals surface area contributed by atoms with Gasteiger partial charge in [0, 0.05) is 24.2 Å². The van der Waals surface area contributed by atoms with Gasteiger partial charge >= 0.3 is 12.1 Å². The highest BCUT2D eigenvalue weighted by Crippen LogP contribution is 2.35.